The molecule has 1 heterocycles. The van der Waals surface area contributed by atoms with Crippen molar-refractivity contribution in [3.63, 3.8) is 0 Å². The van der Waals surface area contributed by atoms with Crippen LogP contribution in [0.3, 0.4) is 0 Å². The van der Waals surface area contributed by atoms with Crippen LogP contribution in [0.1, 0.15) is 11.1 Å². The molecule has 1 aromatic heterocycles. The molecule has 0 aliphatic carbocycles. The zero-order chi connectivity index (χ0) is 16.4. The van der Waals surface area contributed by atoms with Crippen LogP contribution >= 0.6 is 0 Å². The number of aliphatic hydroxyl groups is 1. The molecule has 2 aromatic carbocycles. The van der Waals surface area contributed by atoms with Crippen molar-refractivity contribution < 1.29 is 9.50 Å². The molecule has 0 aliphatic heterocycles. The van der Waals surface area contributed by atoms with Crippen LogP contribution in [0.5, 0.6) is 0 Å². The highest BCUT2D eigenvalue weighted by atomic mass is 19.1. The minimum Gasteiger partial charge on any atom is -0.392 e. The third-order valence-corrected chi connectivity index (χ3v) is 3.85. The van der Waals surface area contributed by atoms with Crippen molar-refractivity contribution >= 4 is 10.9 Å². The summed E-state index contributed by atoms with van der Waals surface area (Å²) in [5.74, 6) is -0.286. The Bertz CT molecular complexity index is 846. The van der Waals surface area contributed by atoms with E-state index < -0.39 is 0 Å². The standard InChI is InChI=1S/C19H19FN2O/c1-22(2)11-13-5-6-15(14(10-13)12-23)16-7-8-18(20)17-4-3-9-21-19(16)17/h3-10,23H,11-12H2,1-2H3. The number of pyridine rings is 1. The van der Waals surface area contributed by atoms with E-state index >= 15 is 0 Å². The van der Waals surface area contributed by atoms with Crippen molar-refractivity contribution in [2.45, 2.75) is 13.2 Å². The van der Waals surface area contributed by atoms with E-state index in [1.165, 1.54) is 6.07 Å². The lowest BCUT2D eigenvalue weighted by molar-refractivity contribution is 0.282. The average molecular weight is 310 g/mol. The van der Waals surface area contributed by atoms with Gasteiger partial charge in [-0.2, -0.15) is 0 Å². The Hall–Kier alpha value is -2.30. The van der Waals surface area contributed by atoms with Crippen LogP contribution < -0.4 is 0 Å². The van der Waals surface area contributed by atoms with Gasteiger partial charge < -0.3 is 10.0 Å². The van der Waals surface area contributed by atoms with Crippen LogP contribution in [-0.4, -0.2) is 29.1 Å². The lowest BCUT2D eigenvalue weighted by atomic mass is 9.95. The first-order valence-electron chi connectivity index (χ1n) is 7.51. The molecule has 0 amide bonds. The summed E-state index contributed by atoms with van der Waals surface area (Å²) in [5.41, 5.74) is 4.29. The minimum absolute atomic E-state index is 0.0672. The molecule has 0 bridgehead atoms. The van der Waals surface area contributed by atoms with Crippen LogP contribution in [0.2, 0.25) is 0 Å². The zero-order valence-corrected chi connectivity index (χ0v) is 13.3. The summed E-state index contributed by atoms with van der Waals surface area (Å²) in [6.45, 7) is 0.734. The molecule has 118 valence electrons. The van der Waals surface area contributed by atoms with Crippen LogP contribution in [0, 0.1) is 5.82 Å². The van der Waals surface area contributed by atoms with Gasteiger partial charge in [-0.15, -0.1) is 0 Å². The fraction of sp³-hybridized carbons (Fsp3) is 0.211. The van der Waals surface area contributed by atoms with E-state index in [9.17, 15) is 9.50 Å². The first-order chi connectivity index (χ1) is 11.1. The topological polar surface area (TPSA) is 36.4 Å². The van der Waals surface area contributed by atoms with E-state index in [0.29, 0.717) is 10.9 Å². The maximum atomic E-state index is 14.0. The number of hydrogen-bond acceptors (Lipinski definition) is 3. The molecule has 0 radical (unpaired) electrons. The van der Waals surface area contributed by atoms with Gasteiger partial charge in [-0.1, -0.05) is 18.2 Å². The van der Waals surface area contributed by atoms with Gasteiger partial charge in [0.2, 0.25) is 0 Å². The lowest BCUT2D eigenvalue weighted by Gasteiger charge is -2.14. The molecule has 1 N–H and O–H groups in total. The predicted molar refractivity (Wildman–Crippen MR) is 90.5 cm³/mol. The van der Waals surface area contributed by atoms with Crippen LogP contribution in [0.15, 0.2) is 48.7 Å². The number of fused-ring (bicyclic) bond motifs is 1. The van der Waals surface area contributed by atoms with Crippen molar-refractivity contribution in [1.29, 1.82) is 0 Å². The Morgan fingerprint density at radius 1 is 1.09 bits per heavy atom. The first kappa shape index (κ1) is 15.6. The Kier molecular flexibility index (Phi) is 4.37. The number of hydrogen-bond donors (Lipinski definition) is 1. The monoisotopic (exact) mass is 310 g/mol. The van der Waals surface area contributed by atoms with Gasteiger partial charge in [0.25, 0.3) is 0 Å². The quantitative estimate of drug-likeness (QED) is 0.800. The number of benzene rings is 2. The number of aromatic nitrogens is 1. The SMILES string of the molecule is CN(C)Cc1ccc(-c2ccc(F)c3cccnc23)c(CO)c1. The fourth-order valence-electron chi connectivity index (χ4n) is 2.86. The Morgan fingerprint density at radius 2 is 1.87 bits per heavy atom. The van der Waals surface area contributed by atoms with Crippen LogP contribution in [0.25, 0.3) is 22.0 Å². The maximum Gasteiger partial charge on any atom is 0.132 e. The van der Waals surface area contributed by atoms with Crippen molar-refractivity contribution in [3.8, 4) is 11.1 Å². The van der Waals surface area contributed by atoms with E-state index in [1.807, 2.05) is 32.3 Å². The van der Waals surface area contributed by atoms with E-state index in [-0.39, 0.29) is 12.4 Å². The largest absolute Gasteiger partial charge is 0.392 e. The van der Waals surface area contributed by atoms with Crippen molar-refractivity contribution in [1.82, 2.24) is 9.88 Å². The van der Waals surface area contributed by atoms with Gasteiger partial charge >= 0.3 is 0 Å². The second-order valence-corrected chi connectivity index (χ2v) is 5.88. The summed E-state index contributed by atoms with van der Waals surface area (Å²) >= 11 is 0. The van der Waals surface area contributed by atoms with E-state index in [2.05, 4.69) is 9.88 Å². The highest BCUT2D eigenvalue weighted by Gasteiger charge is 2.12. The van der Waals surface area contributed by atoms with Gasteiger partial charge in [-0.3, -0.25) is 4.98 Å². The normalized spacial score (nSPS) is 11.3. The van der Waals surface area contributed by atoms with Crippen molar-refractivity contribution in [2.24, 2.45) is 0 Å². The van der Waals surface area contributed by atoms with Gasteiger partial charge in [0.15, 0.2) is 0 Å². The number of nitrogens with zero attached hydrogens (tertiary/aromatic N) is 2. The molecular weight excluding hydrogens is 291 g/mol. The van der Waals surface area contributed by atoms with Gasteiger partial charge in [0.05, 0.1) is 12.1 Å². The molecule has 0 saturated heterocycles. The van der Waals surface area contributed by atoms with Crippen LogP contribution in [0.4, 0.5) is 4.39 Å². The molecule has 0 saturated carbocycles. The summed E-state index contributed by atoms with van der Waals surface area (Å²) < 4.78 is 14.0. The lowest BCUT2D eigenvalue weighted by Crippen LogP contribution is -2.11. The predicted octanol–water partition coefficient (Wildman–Crippen LogP) is 3.59. The summed E-state index contributed by atoms with van der Waals surface area (Å²) in [7, 11) is 4.01. The smallest absolute Gasteiger partial charge is 0.132 e. The summed E-state index contributed by atoms with van der Waals surface area (Å²) in [4.78, 5) is 6.41. The van der Waals surface area contributed by atoms with Crippen molar-refractivity contribution in [2.75, 3.05) is 14.1 Å². The average Bonchev–Trinajstić information content (AvgIpc) is 2.55. The van der Waals surface area contributed by atoms with Gasteiger partial charge in [-0.25, -0.2) is 4.39 Å². The molecule has 0 fully saturated rings. The second kappa shape index (κ2) is 6.44. The molecule has 4 heteroatoms. The molecule has 3 nitrogen and oxygen atoms in total. The zero-order valence-electron chi connectivity index (χ0n) is 13.3. The fourth-order valence-corrected chi connectivity index (χ4v) is 2.86. The third kappa shape index (κ3) is 3.09. The number of aliphatic hydroxyl groups excluding tert-OH is 1. The van der Waals surface area contributed by atoms with Gasteiger partial charge in [0.1, 0.15) is 5.82 Å². The highest BCUT2D eigenvalue weighted by Crippen LogP contribution is 2.31. The summed E-state index contributed by atoms with van der Waals surface area (Å²) in [6.07, 6.45) is 1.66. The van der Waals surface area contributed by atoms with E-state index in [0.717, 1.165) is 28.8 Å². The second-order valence-electron chi connectivity index (χ2n) is 5.88. The first-order valence-corrected chi connectivity index (χ1v) is 7.51. The minimum atomic E-state index is -0.286. The Labute approximate surface area is 135 Å². The molecular formula is C19H19FN2O. The Morgan fingerprint density at radius 3 is 2.61 bits per heavy atom. The Balaban J connectivity index is 2.17. The van der Waals surface area contributed by atoms with Crippen molar-refractivity contribution in [3.05, 3.63) is 65.6 Å². The highest BCUT2D eigenvalue weighted by molar-refractivity contribution is 5.94. The molecule has 0 atom stereocenters. The molecule has 0 unspecified atom stereocenters. The van der Waals surface area contributed by atoms with Crippen LogP contribution in [-0.2, 0) is 13.2 Å². The number of rotatable bonds is 4. The van der Waals surface area contributed by atoms with E-state index in [1.54, 1.807) is 24.4 Å². The van der Waals surface area contributed by atoms with Gasteiger partial charge in [-0.05, 0) is 55.1 Å². The summed E-state index contributed by atoms with van der Waals surface area (Å²) in [5, 5.41) is 10.2. The maximum absolute atomic E-state index is 14.0. The number of halogens is 1. The molecule has 23 heavy (non-hydrogen) atoms. The molecule has 0 spiro atoms. The summed E-state index contributed by atoms with van der Waals surface area (Å²) in [6, 6.07) is 12.6. The third-order valence-electron chi connectivity index (χ3n) is 3.85. The molecule has 0 aliphatic rings. The van der Waals surface area contributed by atoms with E-state index in [4.69, 9.17) is 0 Å². The molecule has 3 aromatic rings. The van der Waals surface area contributed by atoms with Gasteiger partial charge in [0, 0.05) is 23.7 Å². The molecule has 3 rings (SSSR count).